The lowest BCUT2D eigenvalue weighted by Crippen LogP contribution is -2.16. The van der Waals surface area contributed by atoms with Crippen molar-refractivity contribution in [3.63, 3.8) is 0 Å². The van der Waals surface area contributed by atoms with Gasteiger partial charge in [0, 0.05) is 11.2 Å². The lowest BCUT2D eigenvalue weighted by molar-refractivity contribution is -0.306. The highest BCUT2D eigenvalue weighted by Crippen LogP contribution is 2.33. The van der Waals surface area contributed by atoms with Crippen molar-refractivity contribution in [1.82, 2.24) is 0 Å². The summed E-state index contributed by atoms with van der Waals surface area (Å²) in [5.74, 6) is -0.0301. The molecule has 0 fully saturated rings. The molecule has 1 rings (SSSR count). The smallest absolute Gasteiger partial charge is 0.409 e. The second kappa shape index (κ2) is 4.20. The van der Waals surface area contributed by atoms with Gasteiger partial charge in [0.2, 0.25) is 0 Å². The maximum atomic E-state index is 11.8. The molecule has 1 unspecified atom stereocenters. The normalized spacial score (nSPS) is 23.6. The Morgan fingerprint density at radius 3 is 2.69 bits per heavy atom. The number of alkyl halides is 4. The highest BCUT2D eigenvalue weighted by atomic mass is 127. The van der Waals surface area contributed by atoms with Crippen LogP contribution in [0.2, 0.25) is 0 Å². The monoisotopic (exact) mass is 368 g/mol. The Hall–Kier alpha value is 0.280. The Morgan fingerprint density at radius 2 is 2.15 bits per heavy atom. The van der Waals surface area contributed by atoms with E-state index in [4.69, 9.17) is 0 Å². The molecule has 0 spiro atoms. The highest BCUT2D eigenvalue weighted by molar-refractivity contribution is 14.1. The van der Waals surface area contributed by atoms with Gasteiger partial charge >= 0.3 is 6.36 Å². The quantitative estimate of drug-likeness (QED) is 0.504. The minimum absolute atomic E-state index is 0.0301. The van der Waals surface area contributed by atoms with Gasteiger partial charge in [0.1, 0.15) is 5.76 Å². The van der Waals surface area contributed by atoms with Crippen LogP contribution in [0.25, 0.3) is 0 Å². The fourth-order valence-corrected chi connectivity index (χ4v) is 1.84. The van der Waals surface area contributed by atoms with Gasteiger partial charge in [-0.3, -0.25) is 0 Å². The van der Waals surface area contributed by atoms with Gasteiger partial charge in [-0.25, -0.2) is 0 Å². The van der Waals surface area contributed by atoms with Gasteiger partial charge in [-0.05, 0) is 28.7 Å². The molecular weight excluding hydrogens is 364 g/mol. The topological polar surface area (TPSA) is 9.23 Å². The molecule has 1 nitrogen and oxygen atoms in total. The zero-order valence-corrected chi connectivity index (χ0v) is 9.98. The minimum atomic E-state index is -4.59. The maximum Gasteiger partial charge on any atom is 0.572 e. The van der Waals surface area contributed by atoms with Crippen LogP contribution in [0, 0.1) is 0 Å². The number of hydrogen-bond donors (Lipinski definition) is 0. The van der Waals surface area contributed by atoms with Crippen LogP contribution in [0.5, 0.6) is 0 Å². The predicted octanol–water partition coefficient (Wildman–Crippen LogP) is 3.89. The number of ether oxygens (including phenoxy) is 1. The van der Waals surface area contributed by atoms with Gasteiger partial charge in [0.25, 0.3) is 0 Å². The number of allylic oxidation sites excluding steroid dienone is 4. The van der Waals surface area contributed by atoms with Crippen molar-refractivity contribution in [1.29, 1.82) is 0 Å². The molecule has 1 atom stereocenters. The standard InChI is InChI=1S/C7H5BrF3IO/c8-4-1-2-5(12)6(3-4)13-7(9,10)11/h1-2,4H,3H2. The summed E-state index contributed by atoms with van der Waals surface area (Å²) in [5, 5.41) is 0. The third-order valence-corrected chi connectivity index (χ3v) is 2.93. The van der Waals surface area contributed by atoms with E-state index in [1.165, 1.54) is 0 Å². The number of halogens is 5. The summed E-state index contributed by atoms with van der Waals surface area (Å²) in [7, 11) is 0. The molecule has 0 heterocycles. The van der Waals surface area contributed by atoms with Crippen LogP contribution in [0.4, 0.5) is 13.2 Å². The van der Waals surface area contributed by atoms with Crippen LogP contribution in [-0.2, 0) is 4.74 Å². The first-order valence-corrected chi connectivity index (χ1v) is 5.34. The first-order chi connectivity index (χ1) is 5.88. The molecular formula is C7H5BrF3IO. The van der Waals surface area contributed by atoms with E-state index in [2.05, 4.69) is 20.7 Å². The van der Waals surface area contributed by atoms with E-state index in [-0.39, 0.29) is 17.0 Å². The van der Waals surface area contributed by atoms with Gasteiger partial charge in [0.05, 0.1) is 3.58 Å². The molecule has 1 aliphatic carbocycles. The van der Waals surface area contributed by atoms with E-state index in [1.807, 2.05) is 22.6 Å². The van der Waals surface area contributed by atoms with Gasteiger partial charge in [-0.15, -0.1) is 13.2 Å². The summed E-state index contributed by atoms with van der Waals surface area (Å²) in [6.45, 7) is 0. The van der Waals surface area contributed by atoms with Gasteiger partial charge < -0.3 is 4.74 Å². The molecule has 6 heteroatoms. The third kappa shape index (κ3) is 3.88. The van der Waals surface area contributed by atoms with Crippen molar-refractivity contribution in [3.8, 4) is 0 Å². The minimum Gasteiger partial charge on any atom is -0.409 e. The maximum absolute atomic E-state index is 11.8. The van der Waals surface area contributed by atoms with Crippen LogP contribution in [0.1, 0.15) is 6.42 Å². The Kier molecular flexibility index (Phi) is 3.67. The second-order valence-corrected chi connectivity index (χ2v) is 4.74. The van der Waals surface area contributed by atoms with Crippen LogP contribution < -0.4 is 0 Å². The molecule has 0 aromatic heterocycles. The zero-order chi connectivity index (χ0) is 10.1. The van der Waals surface area contributed by atoms with E-state index in [0.29, 0.717) is 3.58 Å². The first-order valence-electron chi connectivity index (χ1n) is 3.35. The summed E-state index contributed by atoms with van der Waals surface area (Å²) < 4.78 is 39.9. The van der Waals surface area contributed by atoms with Crippen molar-refractivity contribution in [3.05, 3.63) is 21.5 Å². The second-order valence-electron chi connectivity index (χ2n) is 2.40. The average molecular weight is 369 g/mol. The SMILES string of the molecule is FC(F)(F)OC1=C(I)C=CC(Br)C1. The van der Waals surface area contributed by atoms with E-state index in [9.17, 15) is 13.2 Å². The predicted molar refractivity (Wildman–Crippen MR) is 54.7 cm³/mol. The summed E-state index contributed by atoms with van der Waals surface area (Å²) in [4.78, 5) is -0.0802. The van der Waals surface area contributed by atoms with Gasteiger partial charge in [-0.2, -0.15) is 0 Å². The lowest BCUT2D eigenvalue weighted by Gasteiger charge is -2.18. The van der Waals surface area contributed by atoms with Gasteiger partial charge in [-0.1, -0.05) is 22.0 Å². The van der Waals surface area contributed by atoms with Crippen molar-refractivity contribution in [2.24, 2.45) is 0 Å². The molecule has 13 heavy (non-hydrogen) atoms. The van der Waals surface area contributed by atoms with Crippen LogP contribution in [0.3, 0.4) is 0 Å². The number of rotatable bonds is 1. The molecule has 0 aliphatic heterocycles. The summed E-state index contributed by atoms with van der Waals surface area (Å²) in [5.41, 5.74) is 0. The largest absolute Gasteiger partial charge is 0.572 e. The fourth-order valence-electron chi connectivity index (χ4n) is 0.855. The van der Waals surface area contributed by atoms with Crippen LogP contribution in [0.15, 0.2) is 21.5 Å². The molecule has 0 N–H and O–H groups in total. The third-order valence-electron chi connectivity index (χ3n) is 1.34. The van der Waals surface area contributed by atoms with Crippen molar-refractivity contribution in [2.75, 3.05) is 0 Å². The van der Waals surface area contributed by atoms with E-state index in [0.717, 1.165) is 0 Å². The molecule has 0 radical (unpaired) electrons. The molecule has 0 saturated carbocycles. The highest BCUT2D eigenvalue weighted by Gasteiger charge is 2.33. The number of hydrogen-bond acceptors (Lipinski definition) is 1. The van der Waals surface area contributed by atoms with E-state index < -0.39 is 6.36 Å². The molecule has 0 saturated heterocycles. The zero-order valence-electron chi connectivity index (χ0n) is 6.24. The Bertz CT molecular complexity index is 259. The van der Waals surface area contributed by atoms with Crippen LogP contribution >= 0.6 is 38.5 Å². The molecule has 0 aromatic rings. The van der Waals surface area contributed by atoms with Crippen molar-refractivity contribution < 1.29 is 17.9 Å². The molecule has 0 bridgehead atoms. The lowest BCUT2D eigenvalue weighted by atomic mass is 10.2. The van der Waals surface area contributed by atoms with Crippen molar-refractivity contribution in [2.45, 2.75) is 17.6 Å². The summed E-state index contributed by atoms with van der Waals surface area (Å²) >= 11 is 5.01. The van der Waals surface area contributed by atoms with Gasteiger partial charge in [0.15, 0.2) is 0 Å². The summed E-state index contributed by atoms with van der Waals surface area (Å²) in [6.07, 6.45) is -0.979. The van der Waals surface area contributed by atoms with Crippen molar-refractivity contribution >= 4 is 38.5 Å². The average Bonchev–Trinajstić information content (AvgIpc) is 1.94. The molecule has 74 valence electrons. The first kappa shape index (κ1) is 11.4. The fraction of sp³-hybridized carbons (Fsp3) is 0.429. The molecule has 0 aromatic carbocycles. The Morgan fingerprint density at radius 1 is 1.54 bits per heavy atom. The Balaban J connectivity index is 2.73. The Labute approximate surface area is 95.3 Å². The van der Waals surface area contributed by atoms with E-state index >= 15 is 0 Å². The van der Waals surface area contributed by atoms with Crippen LogP contribution in [-0.4, -0.2) is 11.2 Å². The molecule has 1 aliphatic rings. The molecule has 0 amide bonds. The summed E-state index contributed by atoms with van der Waals surface area (Å²) in [6, 6.07) is 0. The van der Waals surface area contributed by atoms with E-state index in [1.54, 1.807) is 12.2 Å².